The number of alkyl halides is 1. The lowest BCUT2D eigenvalue weighted by molar-refractivity contribution is -0.129. The molecule has 1 amide bonds. The number of hydrogen-bond donors (Lipinski definition) is 2. The summed E-state index contributed by atoms with van der Waals surface area (Å²) < 4.78 is 60.1. The average Bonchev–Trinajstić information content (AvgIpc) is 3.99. The summed E-state index contributed by atoms with van der Waals surface area (Å²) in [6.45, 7) is 2.27. The second kappa shape index (κ2) is 11.9. The maximum absolute atomic E-state index is 17.4. The molecule has 6 atom stereocenters. The highest BCUT2D eigenvalue weighted by molar-refractivity contribution is 7.23. The van der Waals surface area contributed by atoms with E-state index in [4.69, 9.17) is 31.8 Å². The molecule has 2 aromatic carbocycles. The van der Waals surface area contributed by atoms with Crippen LogP contribution in [0.5, 0.6) is 11.8 Å². The van der Waals surface area contributed by atoms with Crippen LogP contribution in [-0.2, 0) is 4.79 Å². The van der Waals surface area contributed by atoms with Crippen molar-refractivity contribution in [3.63, 3.8) is 0 Å². The highest BCUT2D eigenvalue weighted by atomic mass is 35.5. The van der Waals surface area contributed by atoms with Crippen molar-refractivity contribution in [1.29, 1.82) is 5.26 Å². The number of hydrogen-bond acceptors (Lipinski definition) is 11. The van der Waals surface area contributed by atoms with Crippen molar-refractivity contribution in [3.8, 4) is 29.0 Å². The van der Waals surface area contributed by atoms with Gasteiger partial charge in [0.1, 0.15) is 47.0 Å². The van der Waals surface area contributed by atoms with Gasteiger partial charge in [-0.15, -0.1) is 11.3 Å². The number of nitrogens with zero attached hydrogens (tertiary/aromatic N) is 6. The highest BCUT2D eigenvalue weighted by Crippen LogP contribution is 2.51. The number of aromatic nitrogens is 2. The third-order valence-electron chi connectivity index (χ3n) is 12.4. The first-order valence-corrected chi connectivity index (χ1v) is 19.3. The van der Waals surface area contributed by atoms with Crippen LogP contribution in [0.2, 0.25) is 5.02 Å². The molecule has 4 saturated heterocycles. The number of carbonyl (C=O) groups is 1. The Morgan fingerprint density at radius 1 is 1.23 bits per heavy atom. The minimum atomic E-state index is -0.967. The number of benzene rings is 2. The molecule has 2 unspecified atom stereocenters. The minimum Gasteiger partial charge on any atom is -0.491 e. The van der Waals surface area contributed by atoms with Crippen molar-refractivity contribution in [2.24, 2.45) is 11.8 Å². The fraction of sp³-hybridized carbons (Fsp3) is 0.514. The van der Waals surface area contributed by atoms with Gasteiger partial charge in [0.25, 0.3) is 0 Å². The number of fused-ring (bicyclic) bond motifs is 3. The monoisotopic (exact) mass is 764 g/mol. The van der Waals surface area contributed by atoms with Gasteiger partial charge in [-0.25, -0.2) is 13.2 Å². The van der Waals surface area contributed by atoms with Gasteiger partial charge >= 0.3 is 6.01 Å². The average molecular weight is 765 g/mol. The highest BCUT2D eigenvalue weighted by Gasteiger charge is 2.54. The van der Waals surface area contributed by atoms with Gasteiger partial charge in [0.15, 0.2) is 11.6 Å². The summed E-state index contributed by atoms with van der Waals surface area (Å²) in [6, 6.07) is 4.33. The molecule has 1 aliphatic carbocycles. The predicted molar refractivity (Wildman–Crippen MR) is 194 cm³/mol. The lowest BCUT2D eigenvalue weighted by atomic mass is 9.95. The van der Waals surface area contributed by atoms with E-state index in [2.05, 4.69) is 15.2 Å². The molecular weight excluding hydrogens is 729 g/mol. The molecule has 0 radical (unpaired) electrons. The van der Waals surface area contributed by atoms with E-state index in [-0.39, 0.29) is 103 Å². The van der Waals surface area contributed by atoms with Gasteiger partial charge in [-0.2, -0.15) is 15.2 Å². The van der Waals surface area contributed by atoms with E-state index in [9.17, 15) is 14.4 Å². The van der Waals surface area contributed by atoms with Crippen LogP contribution < -0.4 is 25.4 Å². The lowest BCUT2D eigenvalue weighted by Gasteiger charge is -2.34. The van der Waals surface area contributed by atoms with E-state index < -0.39 is 23.3 Å². The summed E-state index contributed by atoms with van der Waals surface area (Å²) >= 11 is 8.05. The Balaban J connectivity index is 1.11. The van der Waals surface area contributed by atoms with Crippen molar-refractivity contribution < 1.29 is 27.4 Å². The van der Waals surface area contributed by atoms with Crippen LogP contribution in [0.15, 0.2) is 12.1 Å². The van der Waals surface area contributed by atoms with E-state index in [0.29, 0.717) is 37.8 Å². The number of halogens is 4. The van der Waals surface area contributed by atoms with Crippen molar-refractivity contribution in [2.45, 2.75) is 61.9 Å². The molecule has 5 aliphatic heterocycles. The summed E-state index contributed by atoms with van der Waals surface area (Å²) in [5, 5.41) is 13.8. The smallest absolute Gasteiger partial charge is 0.319 e. The van der Waals surface area contributed by atoms with Crippen LogP contribution in [0.1, 0.15) is 37.7 Å². The van der Waals surface area contributed by atoms with Crippen LogP contribution >= 0.6 is 22.9 Å². The van der Waals surface area contributed by atoms with Crippen LogP contribution in [0.4, 0.5) is 24.0 Å². The Bertz CT molecular complexity index is 2280. The van der Waals surface area contributed by atoms with Gasteiger partial charge in [-0.05, 0) is 49.8 Å². The zero-order valence-electron chi connectivity index (χ0n) is 28.8. The quantitative estimate of drug-likeness (QED) is 0.250. The number of anilines is 2. The minimum absolute atomic E-state index is 0.0153. The van der Waals surface area contributed by atoms with E-state index >= 15 is 8.78 Å². The zero-order valence-corrected chi connectivity index (χ0v) is 30.4. The van der Waals surface area contributed by atoms with Crippen LogP contribution in [-0.4, -0.2) is 102 Å². The summed E-state index contributed by atoms with van der Waals surface area (Å²) in [6.07, 6.45) is 3.32. The Kier molecular flexibility index (Phi) is 7.55. The van der Waals surface area contributed by atoms with Crippen LogP contribution in [0.25, 0.3) is 32.1 Å². The van der Waals surface area contributed by atoms with Crippen molar-refractivity contribution in [1.82, 2.24) is 25.1 Å². The van der Waals surface area contributed by atoms with Gasteiger partial charge < -0.3 is 25.0 Å². The van der Waals surface area contributed by atoms with Gasteiger partial charge in [-0.3, -0.25) is 15.0 Å². The molecule has 0 spiro atoms. The van der Waals surface area contributed by atoms with Gasteiger partial charge in [0.2, 0.25) is 5.91 Å². The number of likely N-dealkylation sites (N-methyl/N-ethyl adjacent to an activating group) is 1. The molecule has 10 rings (SSSR count). The van der Waals surface area contributed by atoms with Crippen LogP contribution in [0.3, 0.4) is 0 Å². The van der Waals surface area contributed by atoms with Crippen molar-refractivity contribution >= 4 is 60.7 Å². The predicted octanol–water partition coefficient (Wildman–Crippen LogP) is 5.26. The standard InChI is InChI=1S/C37H36ClF3N8O3S/c1-47-22-13-48(35(50)30-28(44-30)16-3-4-16)11-17(22)14-51-31-25-29(45-36(46-34(25)47)52-15-37-7-2-8-49(37)12-18(39)9-37)27(41)24(26(31)38)19-5-6-21(40)32-23(19)20(10-42)33(43)53-32/h5-6,16-18,22,28,30,44H,2-4,7-9,11-15,43H2,1H3/t17?,18-,22?,28+,30-,37+/m1/s1. The number of thiophene rings is 1. The molecule has 16 heteroatoms. The number of ether oxygens (including phenoxy) is 2. The van der Waals surface area contributed by atoms with Gasteiger partial charge in [0.05, 0.1) is 38.9 Å². The van der Waals surface area contributed by atoms with E-state index in [1.807, 2.05) is 22.9 Å². The molecule has 53 heavy (non-hydrogen) atoms. The number of amides is 1. The number of rotatable bonds is 6. The Labute approximate surface area is 311 Å². The number of nitriles is 1. The third-order valence-corrected chi connectivity index (χ3v) is 13.8. The maximum atomic E-state index is 17.4. The third kappa shape index (κ3) is 5.08. The second-order valence-corrected chi connectivity index (χ2v) is 16.9. The molecule has 2 aromatic heterocycles. The molecule has 5 fully saturated rings. The molecule has 7 heterocycles. The fourth-order valence-electron chi connectivity index (χ4n) is 9.50. The molecule has 1 saturated carbocycles. The lowest BCUT2D eigenvalue weighted by Crippen LogP contribution is -2.44. The topological polar surface area (TPSA) is 143 Å². The SMILES string of the molecule is CN1c2nc(OC[C@@]34CCCN3C[C@H](F)C4)nc3c(F)c(-c4ccc(F)c5sc(N)c(C#N)c45)c(Cl)c(c23)OCC2CN(C(=O)[C@@H]3N[C@H]3C3CC3)CC21. The Morgan fingerprint density at radius 2 is 2.06 bits per heavy atom. The summed E-state index contributed by atoms with van der Waals surface area (Å²) in [5.41, 5.74) is 5.54. The molecule has 4 aromatic rings. The number of likely N-dealkylation sites (tertiary alicyclic amines) is 1. The molecule has 11 nitrogen and oxygen atoms in total. The molecular formula is C37H36ClF3N8O3S. The largest absolute Gasteiger partial charge is 0.491 e. The number of carbonyl (C=O) groups excluding carboxylic acids is 1. The fourth-order valence-corrected chi connectivity index (χ4v) is 10.8. The second-order valence-electron chi connectivity index (χ2n) is 15.5. The summed E-state index contributed by atoms with van der Waals surface area (Å²) in [5.74, 6) is -0.526. The van der Waals surface area contributed by atoms with Crippen LogP contribution in [0, 0.1) is 34.8 Å². The molecule has 3 N–H and O–H groups in total. The first-order chi connectivity index (χ1) is 25.6. The van der Waals surface area contributed by atoms with E-state index in [1.54, 1.807) is 0 Å². The molecule has 6 aliphatic rings. The van der Waals surface area contributed by atoms with E-state index in [0.717, 1.165) is 43.6 Å². The number of nitrogens with two attached hydrogens (primary N) is 1. The number of nitrogen functional groups attached to an aromatic ring is 1. The van der Waals surface area contributed by atoms with Gasteiger partial charge in [-0.1, -0.05) is 17.7 Å². The van der Waals surface area contributed by atoms with E-state index in [1.165, 1.54) is 12.1 Å². The molecule has 276 valence electrons. The summed E-state index contributed by atoms with van der Waals surface area (Å²) in [7, 11) is 1.85. The first-order valence-electron chi connectivity index (χ1n) is 18.1. The Morgan fingerprint density at radius 3 is 2.85 bits per heavy atom. The normalized spacial score (nSPS) is 29.2. The first kappa shape index (κ1) is 33.5. The van der Waals surface area contributed by atoms with Crippen molar-refractivity contribution in [3.05, 3.63) is 34.4 Å². The van der Waals surface area contributed by atoms with Gasteiger partial charge in [0, 0.05) is 56.0 Å². The molecule has 0 bridgehead atoms. The summed E-state index contributed by atoms with van der Waals surface area (Å²) in [4.78, 5) is 29.0. The number of nitrogens with one attached hydrogen (secondary N) is 1. The van der Waals surface area contributed by atoms with Crippen molar-refractivity contribution in [2.75, 3.05) is 57.1 Å². The zero-order chi connectivity index (χ0) is 36.5. The Hall–Kier alpha value is -4.10. The maximum Gasteiger partial charge on any atom is 0.319 e.